The molecule has 0 bridgehead atoms. The zero-order valence-electron chi connectivity index (χ0n) is 14.5. The number of anilines is 1. The lowest BCUT2D eigenvalue weighted by atomic mass is 10.2. The van der Waals surface area contributed by atoms with Gasteiger partial charge in [-0.2, -0.15) is 0 Å². The standard InChI is InChI=1S/C18H15ClN4O3S/c1-10-7-13(5-6-20-10)22-18(24)17-15-9-27(25,26)16-4-3-12(19)8-14(16)23(15)11(2)21-17/h3-8H,9H2,1-2H3,(H,20,22,24). The molecule has 1 N–H and O–H groups in total. The van der Waals surface area contributed by atoms with Gasteiger partial charge in [0.1, 0.15) is 5.82 Å². The Balaban J connectivity index is 1.83. The van der Waals surface area contributed by atoms with Crippen molar-refractivity contribution in [1.82, 2.24) is 14.5 Å². The van der Waals surface area contributed by atoms with Gasteiger partial charge < -0.3 is 5.32 Å². The highest BCUT2D eigenvalue weighted by atomic mass is 35.5. The van der Waals surface area contributed by atoms with Crippen LogP contribution >= 0.6 is 11.6 Å². The highest BCUT2D eigenvalue weighted by molar-refractivity contribution is 7.90. The molecule has 0 aliphatic carbocycles. The van der Waals surface area contributed by atoms with E-state index in [1.807, 2.05) is 6.92 Å². The Hall–Kier alpha value is -2.71. The molecule has 1 aliphatic rings. The number of carbonyl (C=O) groups is 1. The van der Waals surface area contributed by atoms with E-state index in [2.05, 4.69) is 15.3 Å². The predicted octanol–water partition coefficient (Wildman–Crippen LogP) is 3.08. The molecule has 7 nitrogen and oxygen atoms in total. The number of sulfone groups is 1. The van der Waals surface area contributed by atoms with Crippen LogP contribution in [0.5, 0.6) is 0 Å². The second kappa shape index (κ2) is 6.17. The van der Waals surface area contributed by atoms with Gasteiger partial charge in [0, 0.05) is 22.6 Å². The highest BCUT2D eigenvalue weighted by Gasteiger charge is 2.34. The molecular weight excluding hydrogens is 388 g/mol. The first-order valence-corrected chi connectivity index (χ1v) is 10.1. The number of pyridine rings is 1. The molecule has 0 spiro atoms. The van der Waals surface area contributed by atoms with Gasteiger partial charge in [-0.05, 0) is 44.2 Å². The topological polar surface area (TPSA) is 94.0 Å². The van der Waals surface area contributed by atoms with Gasteiger partial charge in [-0.25, -0.2) is 13.4 Å². The van der Waals surface area contributed by atoms with Crippen molar-refractivity contribution in [2.75, 3.05) is 5.32 Å². The third kappa shape index (κ3) is 3.00. The maximum absolute atomic E-state index is 12.8. The van der Waals surface area contributed by atoms with Gasteiger partial charge in [0.15, 0.2) is 15.5 Å². The molecule has 3 heterocycles. The number of fused-ring (bicyclic) bond motifs is 3. The summed E-state index contributed by atoms with van der Waals surface area (Å²) in [6, 6.07) is 7.97. The smallest absolute Gasteiger partial charge is 0.276 e. The van der Waals surface area contributed by atoms with E-state index in [9.17, 15) is 13.2 Å². The average Bonchev–Trinajstić information content (AvgIpc) is 2.90. The molecule has 27 heavy (non-hydrogen) atoms. The number of aryl methyl sites for hydroxylation is 2. The maximum atomic E-state index is 12.8. The minimum absolute atomic E-state index is 0.0798. The first-order chi connectivity index (χ1) is 12.8. The van der Waals surface area contributed by atoms with E-state index >= 15 is 0 Å². The lowest BCUT2D eigenvalue weighted by Crippen LogP contribution is -2.22. The number of hydrogen-bond acceptors (Lipinski definition) is 5. The molecule has 138 valence electrons. The molecule has 4 rings (SSSR count). The van der Waals surface area contributed by atoms with Gasteiger partial charge in [-0.15, -0.1) is 0 Å². The van der Waals surface area contributed by atoms with Gasteiger partial charge in [0.2, 0.25) is 0 Å². The quantitative estimate of drug-likeness (QED) is 0.710. The van der Waals surface area contributed by atoms with Crippen LogP contribution in [0.3, 0.4) is 0 Å². The monoisotopic (exact) mass is 402 g/mol. The third-order valence-corrected chi connectivity index (χ3v) is 6.24. The lowest BCUT2D eigenvalue weighted by Gasteiger charge is -2.21. The van der Waals surface area contributed by atoms with Gasteiger partial charge in [0.25, 0.3) is 5.91 Å². The third-order valence-electron chi connectivity index (χ3n) is 4.33. The van der Waals surface area contributed by atoms with Crippen LogP contribution in [-0.2, 0) is 15.6 Å². The van der Waals surface area contributed by atoms with Crippen molar-refractivity contribution < 1.29 is 13.2 Å². The summed E-state index contributed by atoms with van der Waals surface area (Å²) >= 11 is 6.07. The van der Waals surface area contributed by atoms with E-state index in [1.54, 1.807) is 35.9 Å². The summed E-state index contributed by atoms with van der Waals surface area (Å²) in [5.74, 6) is -0.266. The molecule has 0 saturated heterocycles. The van der Waals surface area contributed by atoms with Crippen molar-refractivity contribution in [3.8, 4) is 5.69 Å². The fourth-order valence-corrected chi connectivity index (χ4v) is 4.90. The number of rotatable bonds is 2. The van der Waals surface area contributed by atoms with Crippen LogP contribution in [-0.4, -0.2) is 28.9 Å². The molecule has 0 atom stereocenters. The summed E-state index contributed by atoms with van der Waals surface area (Å²) in [6.45, 7) is 3.53. The van der Waals surface area contributed by atoms with Crippen molar-refractivity contribution in [3.05, 3.63) is 64.5 Å². The van der Waals surface area contributed by atoms with E-state index in [0.29, 0.717) is 27.9 Å². The normalized spacial score (nSPS) is 14.3. The Kier molecular flexibility index (Phi) is 4.05. The zero-order valence-corrected chi connectivity index (χ0v) is 16.1. The fourth-order valence-electron chi connectivity index (χ4n) is 3.21. The average molecular weight is 403 g/mol. The molecule has 9 heteroatoms. The largest absolute Gasteiger partial charge is 0.320 e. The molecule has 0 radical (unpaired) electrons. The number of amides is 1. The Morgan fingerprint density at radius 3 is 2.74 bits per heavy atom. The zero-order chi connectivity index (χ0) is 19.3. The van der Waals surface area contributed by atoms with Crippen molar-refractivity contribution in [2.24, 2.45) is 0 Å². The van der Waals surface area contributed by atoms with Gasteiger partial charge in [-0.3, -0.25) is 14.3 Å². The van der Waals surface area contributed by atoms with Crippen molar-refractivity contribution in [1.29, 1.82) is 0 Å². The van der Waals surface area contributed by atoms with Crippen LogP contribution in [0.2, 0.25) is 5.02 Å². The Bertz CT molecular complexity index is 1200. The van der Waals surface area contributed by atoms with E-state index in [0.717, 1.165) is 5.69 Å². The molecule has 1 aromatic carbocycles. The van der Waals surface area contributed by atoms with Gasteiger partial charge >= 0.3 is 0 Å². The first-order valence-electron chi connectivity index (χ1n) is 8.11. The molecule has 1 aliphatic heterocycles. The molecular formula is C18H15ClN4O3S. The van der Waals surface area contributed by atoms with Crippen LogP contribution in [0.4, 0.5) is 5.69 Å². The Morgan fingerprint density at radius 1 is 1.22 bits per heavy atom. The van der Waals surface area contributed by atoms with Gasteiger partial charge in [-0.1, -0.05) is 11.6 Å². The summed E-state index contributed by atoms with van der Waals surface area (Å²) in [7, 11) is -3.60. The number of benzene rings is 1. The minimum Gasteiger partial charge on any atom is -0.320 e. The SMILES string of the molecule is Cc1cc(NC(=O)c2nc(C)n3c2CS(=O)(=O)c2ccc(Cl)cc2-3)ccn1. The predicted molar refractivity (Wildman–Crippen MR) is 101 cm³/mol. The van der Waals surface area contributed by atoms with E-state index in [4.69, 9.17) is 11.6 Å². The number of carbonyl (C=O) groups excluding carboxylic acids is 1. The van der Waals surface area contributed by atoms with Crippen LogP contribution in [0.15, 0.2) is 41.4 Å². The highest BCUT2D eigenvalue weighted by Crippen LogP contribution is 2.35. The lowest BCUT2D eigenvalue weighted by molar-refractivity contribution is 0.102. The molecule has 3 aromatic rings. The van der Waals surface area contributed by atoms with Crippen molar-refractivity contribution in [3.63, 3.8) is 0 Å². The van der Waals surface area contributed by atoms with Gasteiger partial charge in [0.05, 0.1) is 22.0 Å². The number of hydrogen-bond donors (Lipinski definition) is 1. The maximum Gasteiger partial charge on any atom is 0.276 e. The second-order valence-electron chi connectivity index (χ2n) is 6.30. The number of nitrogens with one attached hydrogen (secondary N) is 1. The first kappa shape index (κ1) is 17.7. The summed E-state index contributed by atoms with van der Waals surface area (Å²) in [4.78, 5) is 21.4. The summed E-state index contributed by atoms with van der Waals surface area (Å²) < 4.78 is 27.1. The van der Waals surface area contributed by atoms with Crippen LogP contribution in [0, 0.1) is 13.8 Å². The van der Waals surface area contributed by atoms with Crippen LogP contribution < -0.4 is 5.32 Å². The molecule has 0 unspecified atom stereocenters. The van der Waals surface area contributed by atoms with Crippen molar-refractivity contribution in [2.45, 2.75) is 24.5 Å². The van der Waals surface area contributed by atoms with Crippen LogP contribution in [0.1, 0.15) is 27.7 Å². The van der Waals surface area contributed by atoms with Crippen LogP contribution in [0.25, 0.3) is 5.69 Å². The van der Waals surface area contributed by atoms with E-state index < -0.39 is 15.7 Å². The second-order valence-corrected chi connectivity index (χ2v) is 8.70. The summed E-state index contributed by atoms with van der Waals surface area (Å²) in [6.07, 6.45) is 1.58. The minimum atomic E-state index is -3.60. The summed E-state index contributed by atoms with van der Waals surface area (Å²) in [5, 5.41) is 3.16. The summed E-state index contributed by atoms with van der Waals surface area (Å²) in [5.41, 5.74) is 2.13. The van der Waals surface area contributed by atoms with Crippen molar-refractivity contribution >= 4 is 33.0 Å². The number of nitrogens with zero attached hydrogens (tertiary/aromatic N) is 3. The molecule has 0 fully saturated rings. The Labute approximate surface area is 160 Å². The fraction of sp³-hybridized carbons (Fsp3) is 0.167. The molecule has 2 aromatic heterocycles. The molecule has 1 amide bonds. The Morgan fingerprint density at radius 2 is 2.00 bits per heavy atom. The number of imidazole rings is 1. The van der Waals surface area contributed by atoms with E-state index in [1.165, 1.54) is 12.1 Å². The number of halogens is 1. The number of aromatic nitrogens is 3. The van der Waals surface area contributed by atoms with E-state index in [-0.39, 0.29) is 16.3 Å². The molecule has 0 saturated carbocycles.